The van der Waals surface area contributed by atoms with E-state index in [0.717, 1.165) is 32.4 Å². The minimum atomic E-state index is 0.195. The van der Waals surface area contributed by atoms with Crippen LogP contribution in [0, 0.1) is 5.92 Å². The molecule has 2 N–H and O–H groups in total. The van der Waals surface area contributed by atoms with Crippen LogP contribution >= 0.6 is 0 Å². The molecule has 1 aliphatic heterocycles. The molecule has 2 fully saturated rings. The molecule has 1 heterocycles. The number of benzene rings is 1. The van der Waals surface area contributed by atoms with Crippen LogP contribution in [0.3, 0.4) is 0 Å². The lowest BCUT2D eigenvalue weighted by Crippen LogP contribution is -2.46. The summed E-state index contributed by atoms with van der Waals surface area (Å²) in [5.41, 5.74) is 1.41. The van der Waals surface area contributed by atoms with Gasteiger partial charge in [0.2, 0.25) is 5.91 Å². The summed E-state index contributed by atoms with van der Waals surface area (Å²) < 4.78 is 0. The average Bonchev–Trinajstić information content (AvgIpc) is 2.88. The zero-order valence-corrected chi connectivity index (χ0v) is 10.6. The van der Waals surface area contributed by atoms with Gasteiger partial charge in [-0.3, -0.25) is 4.79 Å². The van der Waals surface area contributed by atoms with Crippen molar-refractivity contribution < 1.29 is 4.79 Å². The van der Waals surface area contributed by atoms with Crippen molar-refractivity contribution in [2.45, 2.75) is 31.2 Å². The average molecular weight is 244 g/mol. The molecule has 18 heavy (non-hydrogen) atoms. The van der Waals surface area contributed by atoms with Crippen LogP contribution in [0.4, 0.5) is 0 Å². The molecule has 3 nitrogen and oxygen atoms in total. The monoisotopic (exact) mass is 244 g/mol. The van der Waals surface area contributed by atoms with Crippen molar-refractivity contribution >= 4 is 5.91 Å². The molecule has 1 unspecified atom stereocenters. The Labute approximate surface area is 108 Å². The van der Waals surface area contributed by atoms with Gasteiger partial charge in [-0.05, 0) is 37.3 Å². The molecule has 1 aromatic carbocycles. The Balaban J connectivity index is 1.46. The molecule has 1 saturated carbocycles. The standard InChI is InChI=1S/C15H20N2O/c18-15(12-6-7-16-10-12)17-14-8-13(9-14)11-4-2-1-3-5-11/h1-5,12-14,16H,6-10H2,(H,17,18). The summed E-state index contributed by atoms with van der Waals surface area (Å²) >= 11 is 0. The van der Waals surface area contributed by atoms with Crippen LogP contribution in [0.25, 0.3) is 0 Å². The Bertz CT molecular complexity index is 406. The van der Waals surface area contributed by atoms with Crippen LogP contribution in [-0.2, 0) is 4.79 Å². The summed E-state index contributed by atoms with van der Waals surface area (Å²) in [4.78, 5) is 11.9. The largest absolute Gasteiger partial charge is 0.353 e. The first-order valence-corrected chi connectivity index (χ1v) is 6.89. The van der Waals surface area contributed by atoms with Crippen LogP contribution in [-0.4, -0.2) is 25.0 Å². The fraction of sp³-hybridized carbons (Fsp3) is 0.533. The van der Waals surface area contributed by atoms with Gasteiger partial charge in [0.25, 0.3) is 0 Å². The van der Waals surface area contributed by atoms with Gasteiger partial charge < -0.3 is 10.6 Å². The maximum Gasteiger partial charge on any atom is 0.224 e. The van der Waals surface area contributed by atoms with E-state index in [9.17, 15) is 4.79 Å². The lowest BCUT2D eigenvalue weighted by molar-refractivity contribution is -0.125. The van der Waals surface area contributed by atoms with E-state index in [1.54, 1.807) is 0 Å². The van der Waals surface area contributed by atoms with E-state index >= 15 is 0 Å². The number of carbonyl (C=O) groups is 1. The molecule has 0 aromatic heterocycles. The summed E-state index contributed by atoms with van der Waals surface area (Å²) in [6.45, 7) is 1.83. The van der Waals surface area contributed by atoms with Crippen LogP contribution in [0.5, 0.6) is 0 Å². The van der Waals surface area contributed by atoms with Gasteiger partial charge in [-0.15, -0.1) is 0 Å². The van der Waals surface area contributed by atoms with Crippen LogP contribution in [0.2, 0.25) is 0 Å². The quantitative estimate of drug-likeness (QED) is 0.849. The van der Waals surface area contributed by atoms with Gasteiger partial charge in [0, 0.05) is 12.6 Å². The minimum Gasteiger partial charge on any atom is -0.353 e. The highest BCUT2D eigenvalue weighted by Crippen LogP contribution is 2.36. The van der Waals surface area contributed by atoms with E-state index < -0.39 is 0 Å². The molecule has 3 heteroatoms. The van der Waals surface area contributed by atoms with E-state index in [1.807, 2.05) is 0 Å². The number of rotatable bonds is 3. The molecule has 1 aromatic rings. The second-order valence-electron chi connectivity index (χ2n) is 5.47. The minimum absolute atomic E-state index is 0.195. The summed E-state index contributed by atoms with van der Waals surface area (Å²) in [5.74, 6) is 1.08. The Hall–Kier alpha value is -1.35. The lowest BCUT2D eigenvalue weighted by atomic mass is 9.76. The normalized spacial score (nSPS) is 30.8. The molecular formula is C15H20N2O. The second kappa shape index (κ2) is 5.11. The lowest BCUT2D eigenvalue weighted by Gasteiger charge is -2.36. The number of carbonyl (C=O) groups excluding carboxylic acids is 1. The fourth-order valence-electron chi connectivity index (χ4n) is 2.93. The Morgan fingerprint density at radius 3 is 2.67 bits per heavy atom. The predicted molar refractivity (Wildman–Crippen MR) is 71.3 cm³/mol. The van der Waals surface area contributed by atoms with Gasteiger partial charge >= 0.3 is 0 Å². The molecule has 1 amide bonds. The van der Waals surface area contributed by atoms with Gasteiger partial charge in [-0.1, -0.05) is 30.3 Å². The second-order valence-corrected chi connectivity index (χ2v) is 5.47. The van der Waals surface area contributed by atoms with Gasteiger partial charge in [-0.2, -0.15) is 0 Å². The summed E-state index contributed by atoms with van der Waals surface area (Å²) in [6.07, 6.45) is 3.17. The van der Waals surface area contributed by atoms with Crippen LogP contribution in [0.15, 0.2) is 30.3 Å². The number of hydrogen-bond acceptors (Lipinski definition) is 2. The maximum absolute atomic E-state index is 11.9. The smallest absolute Gasteiger partial charge is 0.224 e. The topological polar surface area (TPSA) is 41.1 Å². The van der Waals surface area contributed by atoms with E-state index in [1.165, 1.54) is 5.56 Å². The van der Waals surface area contributed by atoms with Gasteiger partial charge in [0.1, 0.15) is 0 Å². The first-order valence-electron chi connectivity index (χ1n) is 6.89. The molecule has 2 aliphatic rings. The third-order valence-corrected chi connectivity index (χ3v) is 4.19. The Kier molecular flexibility index (Phi) is 3.33. The zero-order chi connectivity index (χ0) is 12.4. The summed E-state index contributed by atoms with van der Waals surface area (Å²) in [6, 6.07) is 11.0. The first kappa shape index (κ1) is 11.7. The fourth-order valence-corrected chi connectivity index (χ4v) is 2.93. The Morgan fingerprint density at radius 2 is 2.00 bits per heavy atom. The summed E-state index contributed by atoms with van der Waals surface area (Å²) in [7, 11) is 0. The number of hydrogen-bond donors (Lipinski definition) is 2. The highest BCUT2D eigenvalue weighted by atomic mass is 16.2. The van der Waals surface area contributed by atoms with Crippen molar-refractivity contribution in [3.63, 3.8) is 0 Å². The zero-order valence-electron chi connectivity index (χ0n) is 10.6. The van der Waals surface area contributed by atoms with Crippen molar-refractivity contribution in [2.24, 2.45) is 5.92 Å². The Morgan fingerprint density at radius 1 is 1.22 bits per heavy atom. The van der Waals surface area contributed by atoms with Crippen molar-refractivity contribution in [1.82, 2.24) is 10.6 Å². The molecule has 96 valence electrons. The summed E-state index contributed by atoms with van der Waals surface area (Å²) in [5, 5.41) is 6.42. The predicted octanol–water partition coefficient (Wildman–Crippen LogP) is 1.66. The van der Waals surface area contributed by atoms with Gasteiger partial charge in [0.05, 0.1) is 5.92 Å². The molecule has 1 saturated heterocycles. The van der Waals surface area contributed by atoms with E-state index in [0.29, 0.717) is 12.0 Å². The van der Waals surface area contributed by atoms with Crippen molar-refractivity contribution in [1.29, 1.82) is 0 Å². The van der Waals surface area contributed by atoms with Crippen LogP contribution < -0.4 is 10.6 Å². The van der Waals surface area contributed by atoms with Crippen molar-refractivity contribution in [2.75, 3.05) is 13.1 Å². The van der Waals surface area contributed by atoms with E-state index in [4.69, 9.17) is 0 Å². The molecule has 3 rings (SSSR count). The number of amides is 1. The van der Waals surface area contributed by atoms with Crippen molar-refractivity contribution in [3.05, 3.63) is 35.9 Å². The SMILES string of the molecule is O=C(NC1CC(c2ccccc2)C1)C1CCNC1. The van der Waals surface area contributed by atoms with E-state index in [2.05, 4.69) is 41.0 Å². The van der Waals surface area contributed by atoms with Crippen LogP contribution in [0.1, 0.15) is 30.7 Å². The molecule has 0 radical (unpaired) electrons. The van der Waals surface area contributed by atoms with Gasteiger partial charge in [0.15, 0.2) is 0 Å². The maximum atomic E-state index is 11.9. The number of nitrogens with one attached hydrogen (secondary N) is 2. The molecule has 0 spiro atoms. The van der Waals surface area contributed by atoms with Gasteiger partial charge in [-0.25, -0.2) is 0 Å². The molecule has 1 aliphatic carbocycles. The van der Waals surface area contributed by atoms with E-state index in [-0.39, 0.29) is 11.8 Å². The first-order chi connectivity index (χ1) is 8.83. The molecule has 1 atom stereocenters. The third kappa shape index (κ3) is 2.41. The molecule has 0 bridgehead atoms. The highest BCUT2D eigenvalue weighted by molar-refractivity contribution is 5.79. The highest BCUT2D eigenvalue weighted by Gasteiger charge is 2.33. The molecular weight excluding hydrogens is 224 g/mol. The third-order valence-electron chi connectivity index (χ3n) is 4.19. The van der Waals surface area contributed by atoms with Crippen molar-refractivity contribution in [3.8, 4) is 0 Å².